The third-order valence-electron chi connectivity index (χ3n) is 6.45. The highest BCUT2D eigenvalue weighted by Crippen LogP contribution is 2.27. The molecule has 1 aliphatic rings. The van der Waals surface area contributed by atoms with Gasteiger partial charge in [-0.1, -0.05) is 30.3 Å². The number of benzene rings is 2. The van der Waals surface area contributed by atoms with Gasteiger partial charge in [-0.3, -0.25) is 14.3 Å². The van der Waals surface area contributed by atoms with Crippen molar-refractivity contribution in [2.45, 2.75) is 44.9 Å². The number of nitrogens with one attached hydrogen (secondary N) is 3. The molecule has 0 unspecified atom stereocenters. The molecule has 4 N–H and O–H groups in total. The highest BCUT2D eigenvalue weighted by atomic mass is 16.3. The molecule has 2 heterocycles. The molecule has 4 rings (SSSR count). The van der Waals surface area contributed by atoms with Gasteiger partial charge in [0.05, 0.1) is 17.8 Å². The van der Waals surface area contributed by atoms with E-state index in [0.717, 1.165) is 23.4 Å². The van der Waals surface area contributed by atoms with Crippen LogP contribution in [0.2, 0.25) is 0 Å². The summed E-state index contributed by atoms with van der Waals surface area (Å²) in [6.07, 6.45) is 2.84. The fourth-order valence-electron chi connectivity index (χ4n) is 4.58. The Balaban J connectivity index is 1.50. The minimum atomic E-state index is -0.829. The lowest BCUT2D eigenvalue weighted by molar-refractivity contribution is -0.117. The number of aryl methyl sites for hydroxylation is 1. The minimum Gasteiger partial charge on any atom is -0.390 e. The quantitative estimate of drug-likeness (QED) is 0.302. The van der Waals surface area contributed by atoms with E-state index in [2.05, 4.69) is 21.0 Å². The Morgan fingerprint density at radius 1 is 1.16 bits per heavy atom. The van der Waals surface area contributed by atoms with Gasteiger partial charge < -0.3 is 26.0 Å². The number of anilines is 2. The van der Waals surface area contributed by atoms with Gasteiger partial charge in [-0.2, -0.15) is 5.10 Å². The number of aromatic nitrogens is 2. The van der Waals surface area contributed by atoms with E-state index >= 15 is 0 Å². The minimum absolute atomic E-state index is 0.0661. The topological polar surface area (TPSA) is 112 Å². The molecule has 1 aliphatic heterocycles. The molecule has 0 saturated carbocycles. The van der Waals surface area contributed by atoms with Gasteiger partial charge in [-0.15, -0.1) is 0 Å². The number of aliphatic hydroxyl groups is 1. The Hall–Kier alpha value is -3.69. The van der Waals surface area contributed by atoms with E-state index in [4.69, 9.17) is 0 Å². The molecule has 2 atom stereocenters. The van der Waals surface area contributed by atoms with Crippen LogP contribution < -0.4 is 20.9 Å². The summed E-state index contributed by atoms with van der Waals surface area (Å²) >= 11 is 0. The molecule has 0 radical (unpaired) electrons. The van der Waals surface area contributed by atoms with E-state index in [1.54, 1.807) is 21.7 Å². The molecule has 1 fully saturated rings. The van der Waals surface area contributed by atoms with Crippen molar-refractivity contribution in [2.75, 3.05) is 29.9 Å². The van der Waals surface area contributed by atoms with Crippen molar-refractivity contribution < 1.29 is 14.7 Å². The lowest BCUT2D eigenvalue weighted by atomic mass is 10.00. The first-order valence-corrected chi connectivity index (χ1v) is 12.8. The summed E-state index contributed by atoms with van der Waals surface area (Å²) in [5.74, 6) is -0.228. The maximum atomic E-state index is 13.5. The highest BCUT2D eigenvalue weighted by molar-refractivity contribution is 6.00. The summed E-state index contributed by atoms with van der Waals surface area (Å²) in [4.78, 5) is 27.6. The Bertz CT molecular complexity index is 1200. The van der Waals surface area contributed by atoms with Crippen molar-refractivity contribution in [1.29, 1.82) is 0 Å². The average Bonchev–Trinajstić information content (AvgIpc) is 3.51. The second-order valence-electron chi connectivity index (χ2n) is 9.40. The third-order valence-corrected chi connectivity index (χ3v) is 6.45. The Morgan fingerprint density at radius 3 is 2.65 bits per heavy atom. The smallest absolute Gasteiger partial charge is 0.251 e. The van der Waals surface area contributed by atoms with E-state index in [1.165, 1.54) is 0 Å². The first kappa shape index (κ1) is 26.4. The number of carbonyl (C=O) groups excluding carboxylic acids is 2. The Kier molecular flexibility index (Phi) is 8.92. The molecule has 196 valence electrons. The fourth-order valence-corrected chi connectivity index (χ4v) is 4.58. The van der Waals surface area contributed by atoms with Crippen LogP contribution in [0.25, 0.3) is 0 Å². The molecule has 3 aromatic rings. The van der Waals surface area contributed by atoms with Crippen LogP contribution in [-0.4, -0.2) is 58.5 Å². The lowest BCUT2D eigenvalue weighted by Gasteiger charge is -2.25. The molecule has 1 aromatic heterocycles. The summed E-state index contributed by atoms with van der Waals surface area (Å²) in [5.41, 5.74) is 3.83. The first-order chi connectivity index (χ1) is 17.9. The van der Waals surface area contributed by atoms with Crippen molar-refractivity contribution in [1.82, 2.24) is 20.4 Å². The molecule has 2 amide bonds. The number of hydrogen-bond donors (Lipinski definition) is 4. The number of amides is 2. The van der Waals surface area contributed by atoms with Crippen molar-refractivity contribution in [3.8, 4) is 0 Å². The molecule has 1 saturated heterocycles. The van der Waals surface area contributed by atoms with Crippen molar-refractivity contribution in [3.05, 3.63) is 77.6 Å². The molecule has 0 aliphatic carbocycles. The van der Waals surface area contributed by atoms with E-state index < -0.39 is 12.1 Å². The fraction of sp³-hybridized carbons (Fsp3) is 0.393. The second kappa shape index (κ2) is 12.5. The zero-order chi connectivity index (χ0) is 26.2. The van der Waals surface area contributed by atoms with Gasteiger partial charge in [0.1, 0.15) is 0 Å². The summed E-state index contributed by atoms with van der Waals surface area (Å²) in [7, 11) is 1.86. The molecular formula is C28H36N6O3. The molecule has 2 aromatic carbocycles. The largest absolute Gasteiger partial charge is 0.390 e. The van der Waals surface area contributed by atoms with Crippen molar-refractivity contribution >= 4 is 23.2 Å². The molecule has 0 bridgehead atoms. The average molecular weight is 505 g/mol. The standard InChI is InChI=1S/C28H36N6O3/c1-3-30-23-15-21(16-24(17-23)34-12-7-10-27(34)36)28(37)31-25(14-20-8-5-4-6-9-20)26(35)19-29-18-22-11-13-33(2)32-22/h4-6,8-9,11,13,15-17,25-26,29-30,35H,3,7,10,12,14,18-19H2,1-2H3,(H,31,37)/t25-,26+/m0/s1. The number of rotatable bonds is 12. The normalized spacial score (nSPS) is 15.0. The van der Waals surface area contributed by atoms with Gasteiger partial charge in [0.15, 0.2) is 0 Å². The molecule has 37 heavy (non-hydrogen) atoms. The van der Waals surface area contributed by atoms with Crippen LogP contribution in [0.15, 0.2) is 60.8 Å². The molecule has 9 nitrogen and oxygen atoms in total. The maximum absolute atomic E-state index is 13.5. The highest BCUT2D eigenvalue weighted by Gasteiger charge is 2.25. The number of hydrogen-bond acceptors (Lipinski definition) is 6. The van der Waals surface area contributed by atoms with Gasteiger partial charge in [0.2, 0.25) is 5.91 Å². The summed E-state index contributed by atoms with van der Waals surface area (Å²) in [6, 6.07) is 16.6. The number of aliphatic hydroxyl groups excluding tert-OH is 1. The van der Waals surface area contributed by atoms with Crippen LogP contribution >= 0.6 is 0 Å². The first-order valence-electron chi connectivity index (χ1n) is 12.8. The number of carbonyl (C=O) groups is 2. The van der Waals surface area contributed by atoms with Gasteiger partial charge in [0.25, 0.3) is 5.91 Å². The van der Waals surface area contributed by atoms with Crippen LogP contribution in [-0.2, 0) is 24.8 Å². The van der Waals surface area contributed by atoms with Gasteiger partial charge >= 0.3 is 0 Å². The molecule has 9 heteroatoms. The van der Waals surface area contributed by atoms with Crippen molar-refractivity contribution in [3.63, 3.8) is 0 Å². The SMILES string of the molecule is CCNc1cc(C(=O)N[C@@H](Cc2ccccc2)[C@H](O)CNCc2ccn(C)n2)cc(N2CCCC2=O)c1. The predicted molar refractivity (Wildman–Crippen MR) is 145 cm³/mol. The zero-order valence-electron chi connectivity index (χ0n) is 21.5. The van der Waals surface area contributed by atoms with E-state index in [0.29, 0.717) is 50.3 Å². The third kappa shape index (κ3) is 7.18. The van der Waals surface area contributed by atoms with Gasteiger partial charge in [0, 0.05) is 62.8 Å². The second-order valence-corrected chi connectivity index (χ2v) is 9.40. The van der Waals surface area contributed by atoms with Gasteiger partial charge in [-0.25, -0.2) is 0 Å². The number of nitrogens with zero attached hydrogens (tertiary/aromatic N) is 3. The van der Waals surface area contributed by atoms with Crippen LogP contribution in [0.4, 0.5) is 11.4 Å². The van der Waals surface area contributed by atoms with Crippen LogP contribution in [0, 0.1) is 0 Å². The van der Waals surface area contributed by atoms with Crippen LogP contribution in [0.5, 0.6) is 0 Å². The van der Waals surface area contributed by atoms with Crippen LogP contribution in [0.1, 0.15) is 41.4 Å². The monoisotopic (exact) mass is 504 g/mol. The molecule has 0 spiro atoms. The van der Waals surface area contributed by atoms with Gasteiger partial charge in [-0.05, 0) is 49.6 Å². The Morgan fingerprint density at radius 2 is 1.97 bits per heavy atom. The van der Waals surface area contributed by atoms with Crippen molar-refractivity contribution in [2.24, 2.45) is 7.05 Å². The van der Waals surface area contributed by atoms with E-state index in [9.17, 15) is 14.7 Å². The Labute approximate surface area is 217 Å². The van der Waals surface area contributed by atoms with Crippen LogP contribution in [0.3, 0.4) is 0 Å². The summed E-state index contributed by atoms with van der Waals surface area (Å²) in [6.45, 7) is 4.13. The maximum Gasteiger partial charge on any atom is 0.251 e. The van der Waals surface area contributed by atoms with E-state index in [-0.39, 0.29) is 11.8 Å². The van der Waals surface area contributed by atoms with E-state index in [1.807, 2.05) is 62.6 Å². The summed E-state index contributed by atoms with van der Waals surface area (Å²) in [5, 5.41) is 25.0. The predicted octanol–water partition coefficient (Wildman–Crippen LogP) is 2.47. The lowest BCUT2D eigenvalue weighted by Crippen LogP contribution is -2.48. The zero-order valence-corrected chi connectivity index (χ0v) is 21.5. The summed E-state index contributed by atoms with van der Waals surface area (Å²) < 4.78 is 1.73. The molecular weight excluding hydrogens is 468 g/mol.